The third-order valence-electron chi connectivity index (χ3n) is 7.74. The van der Waals surface area contributed by atoms with Gasteiger partial charge in [0.15, 0.2) is 0 Å². The first kappa shape index (κ1) is 24.5. The molecule has 1 aromatic carbocycles. The van der Waals surface area contributed by atoms with Gasteiger partial charge in [-0.15, -0.1) is 0 Å². The average molecular weight is 467 g/mol. The van der Waals surface area contributed by atoms with Gasteiger partial charge in [0.25, 0.3) is 11.8 Å². The van der Waals surface area contributed by atoms with E-state index < -0.39 is 0 Å². The zero-order valence-corrected chi connectivity index (χ0v) is 20.7. The van der Waals surface area contributed by atoms with Gasteiger partial charge in [-0.25, -0.2) is 0 Å². The fourth-order valence-electron chi connectivity index (χ4n) is 5.64. The molecule has 7 heteroatoms. The van der Waals surface area contributed by atoms with E-state index in [1.54, 1.807) is 26.0 Å². The lowest BCUT2D eigenvalue weighted by Gasteiger charge is -2.33. The number of nitrogens with two attached hydrogens (primary N) is 1. The van der Waals surface area contributed by atoms with Crippen LogP contribution < -0.4 is 16.4 Å². The fraction of sp³-hybridized carbons (Fsp3) is 0.593. The van der Waals surface area contributed by atoms with Crippen molar-refractivity contribution in [3.8, 4) is 0 Å². The van der Waals surface area contributed by atoms with Gasteiger partial charge in [0.2, 0.25) is 0 Å². The number of carbonyl (C=O) groups is 2. The number of nitrogens with one attached hydrogen (secondary N) is 2. The maximum Gasteiger partial charge on any atom is 0.261 e. The van der Waals surface area contributed by atoms with Crippen LogP contribution in [0.1, 0.15) is 95.5 Å². The Labute approximate surface area is 202 Å². The Bertz CT molecular complexity index is 995. The van der Waals surface area contributed by atoms with Gasteiger partial charge in [-0.05, 0) is 114 Å². The lowest BCUT2D eigenvalue weighted by molar-refractivity contribution is 0.0918. The minimum absolute atomic E-state index is 0.0450. The summed E-state index contributed by atoms with van der Waals surface area (Å²) in [6.07, 6.45) is 10.7. The predicted octanol–water partition coefficient (Wildman–Crippen LogP) is 5.05. The molecule has 184 valence electrons. The van der Waals surface area contributed by atoms with Crippen molar-refractivity contribution in [2.45, 2.75) is 90.6 Å². The van der Waals surface area contributed by atoms with E-state index in [-0.39, 0.29) is 17.9 Å². The van der Waals surface area contributed by atoms with E-state index in [0.717, 1.165) is 30.2 Å². The maximum absolute atomic E-state index is 12.9. The van der Waals surface area contributed by atoms with Crippen molar-refractivity contribution in [2.24, 2.45) is 17.6 Å². The zero-order valence-electron chi connectivity index (χ0n) is 20.7. The normalized spacial score (nSPS) is 25.1. The Morgan fingerprint density at radius 1 is 0.971 bits per heavy atom. The fourth-order valence-corrected chi connectivity index (χ4v) is 5.64. The van der Waals surface area contributed by atoms with Crippen LogP contribution in [0.5, 0.6) is 0 Å². The summed E-state index contributed by atoms with van der Waals surface area (Å²) in [5, 5.41) is 9.97. The monoisotopic (exact) mass is 466 g/mol. The van der Waals surface area contributed by atoms with Gasteiger partial charge in [0.05, 0.1) is 5.69 Å². The summed E-state index contributed by atoms with van der Waals surface area (Å²) in [6, 6.07) is 6.04. The number of carbonyl (C=O) groups excluding carboxylic acids is 2. The Morgan fingerprint density at radius 2 is 1.62 bits per heavy atom. The molecule has 0 aliphatic heterocycles. The second kappa shape index (κ2) is 10.7. The molecule has 2 aliphatic rings. The van der Waals surface area contributed by atoms with Gasteiger partial charge in [0, 0.05) is 23.3 Å². The van der Waals surface area contributed by atoms with Crippen LogP contribution in [0, 0.1) is 32.6 Å². The molecule has 2 saturated carbocycles. The van der Waals surface area contributed by atoms with Crippen LogP contribution in [-0.4, -0.2) is 29.1 Å². The molecule has 0 unspecified atom stereocenters. The van der Waals surface area contributed by atoms with Gasteiger partial charge < -0.3 is 20.9 Å². The summed E-state index contributed by atoms with van der Waals surface area (Å²) in [6.45, 7) is 5.35. The molecule has 4 N–H and O–H groups in total. The molecular weight excluding hydrogens is 428 g/mol. The molecule has 34 heavy (non-hydrogen) atoms. The molecule has 0 spiro atoms. The van der Waals surface area contributed by atoms with Crippen molar-refractivity contribution in [3.05, 3.63) is 46.3 Å². The summed E-state index contributed by atoms with van der Waals surface area (Å²) >= 11 is 0. The molecule has 1 aromatic heterocycles. The van der Waals surface area contributed by atoms with Gasteiger partial charge in [0.1, 0.15) is 11.3 Å². The van der Waals surface area contributed by atoms with E-state index in [4.69, 9.17) is 10.3 Å². The number of nitrogens with zero attached hydrogens (tertiary/aromatic N) is 1. The van der Waals surface area contributed by atoms with Crippen molar-refractivity contribution in [1.82, 2.24) is 10.5 Å². The predicted molar refractivity (Wildman–Crippen MR) is 133 cm³/mol. The number of amides is 2. The van der Waals surface area contributed by atoms with Crippen LogP contribution in [0.25, 0.3) is 0 Å². The summed E-state index contributed by atoms with van der Waals surface area (Å²) in [5.41, 5.74) is 9.18. The van der Waals surface area contributed by atoms with Crippen LogP contribution in [0.3, 0.4) is 0 Å². The molecule has 2 amide bonds. The smallest absolute Gasteiger partial charge is 0.261 e. The van der Waals surface area contributed by atoms with Crippen molar-refractivity contribution < 1.29 is 14.1 Å². The topological polar surface area (TPSA) is 110 Å². The number of hydrogen-bond acceptors (Lipinski definition) is 5. The van der Waals surface area contributed by atoms with Gasteiger partial charge in [-0.2, -0.15) is 0 Å². The van der Waals surface area contributed by atoms with Crippen LogP contribution >= 0.6 is 0 Å². The highest BCUT2D eigenvalue weighted by Gasteiger charge is 2.27. The number of rotatable bonds is 6. The third kappa shape index (κ3) is 5.87. The summed E-state index contributed by atoms with van der Waals surface area (Å²) in [5.74, 6) is 1.81. The van der Waals surface area contributed by atoms with Crippen LogP contribution in [0.2, 0.25) is 0 Å². The largest absolute Gasteiger partial charge is 0.361 e. The van der Waals surface area contributed by atoms with Crippen molar-refractivity contribution >= 4 is 17.5 Å². The first-order valence-electron chi connectivity index (χ1n) is 12.7. The first-order valence-corrected chi connectivity index (χ1v) is 12.7. The first-order chi connectivity index (χ1) is 16.3. The van der Waals surface area contributed by atoms with E-state index >= 15 is 0 Å². The minimum atomic E-state index is -0.260. The van der Waals surface area contributed by atoms with Crippen LogP contribution in [-0.2, 0) is 0 Å². The molecule has 0 atom stereocenters. The number of benzene rings is 1. The average Bonchev–Trinajstić information content (AvgIpc) is 3.16. The second-order valence-electron chi connectivity index (χ2n) is 10.4. The second-order valence-corrected chi connectivity index (χ2v) is 10.4. The summed E-state index contributed by atoms with van der Waals surface area (Å²) in [4.78, 5) is 25.5. The quantitative estimate of drug-likeness (QED) is 0.552. The molecule has 2 aliphatic carbocycles. The highest BCUT2D eigenvalue weighted by molar-refractivity contribution is 6.06. The minimum Gasteiger partial charge on any atom is -0.361 e. The number of aryl methyl sites for hydroxylation is 3. The van der Waals surface area contributed by atoms with E-state index in [1.807, 2.05) is 13.0 Å². The van der Waals surface area contributed by atoms with Crippen molar-refractivity contribution in [3.63, 3.8) is 0 Å². The molecule has 7 nitrogen and oxygen atoms in total. The van der Waals surface area contributed by atoms with E-state index in [9.17, 15) is 9.59 Å². The van der Waals surface area contributed by atoms with Gasteiger partial charge >= 0.3 is 0 Å². The number of hydrogen-bond donors (Lipinski definition) is 3. The molecule has 0 bridgehead atoms. The van der Waals surface area contributed by atoms with E-state index in [2.05, 4.69) is 15.8 Å². The zero-order chi connectivity index (χ0) is 24.2. The van der Waals surface area contributed by atoms with Gasteiger partial charge in [-0.3, -0.25) is 9.59 Å². The Kier molecular flexibility index (Phi) is 7.71. The van der Waals surface area contributed by atoms with Crippen molar-refractivity contribution in [1.29, 1.82) is 0 Å². The highest BCUT2D eigenvalue weighted by Crippen LogP contribution is 2.35. The van der Waals surface area contributed by atoms with E-state index in [1.165, 1.54) is 44.9 Å². The summed E-state index contributed by atoms with van der Waals surface area (Å²) < 4.78 is 5.09. The lowest BCUT2D eigenvalue weighted by atomic mass is 9.76. The molecule has 0 radical (unpaired) electrons. The standard InChI is InChI=1S/C27H38N4O3/c1-16-14-21(8-13-24(16)30-27(33)25-17(2)31-34-18(25)3)26(32)29-23-11-6-20(7-12-23)15-19-4-9-22(28)10-5-19/h8,13-14,19-20,22-23H,4-7,9-12,15,28H2,1-3H3,(H,29,32)(H,30,33). The molecule has 2 aromatic rings. The van der Waals surface area contributed by atoms with Gasteiger partial charge in [-0.1, -0.05) is 5.16 Å². The van der Waals surface area contributed by atoms with E-state index in [0.29, 0.717) is 34.3 Å². The molecule has 1 heterocycles. The van der Waals surface area contributed by atoms with Crippen molar-refractivity contribution in [2.75, 3.05) is 5.32 Å². The van der Waals surface area contributed by atoms with Crippen LogP contribution in [0.4, 0.5) is 5.69 Å². The third-order valence-corrected chi connectivity index (χ3v) is 7.74. The highest BCUT2D eigenvalue weighted by atomic mass is 16.5. The Morgan fingerprint density at radius 3 is 2.21 bits per heavy atom. The maximum atomic E-state index is 12.9. The molecule has 2 fully saturated rings. The van der Waals surface area contributed by atoms with Crippen LogP contribution in [0.15, 0.2) is 22.7 Å². The molecule has 4 rings (SSSR count). The Hall–Kier alpha value is -2.67. The molecular formula is C27H38N4O3. The molecule has 0 saturated heterocycles. The SMILES string of the molecule is Cc1cc(C(=O)NC2CCC(CC3CCC(N)CC3)CC2)ccc1NC(=O)c1c(C)noc1C. The number of aromatic nitrogens is 1. The lowest BCUT2D eigenvalue weighted by Crippen LogP contribution is -2.38. The summed E-state index contributed by atoms with van der Waals surface area (Å²) in [7, 11) is 0. The number of anilines is 1. The Balaban J connectivity index is 1.27.